The van der Waals surface area contributed by atoms with Gasteiger partial charge in [0.05, 0.1) is 5.54 Å². The van der Waals surface area contributed by atoms with Gasteiger partial charge in [0, 0.05) is 5.56 Å². The fourth-order valence-corrected chi connectivity index (χ4v) is 2.34. The van der Waals surface area contributed by atoms with Gasteiger partial charge in [-0.1, -0.05) is 17.4 Å². The van der Waals surface area contributed by atoms with Gasteiger partial charge in [-0.05, 0) is 51.0 Å². The average Bonchev–Trinajstić information content (AvgIpc) is 2.81. The molecule has 3 N–H and O–H groups in total. The molecule has 20 heavy (non-hydrogen) atoms. The van der Waals surface area contributed by atoms with E-state index < -0.39 is 5.54 Å². The van der Waals surface area contributed by atoms with Crippen LogP contribution >= 0.6 is 11.3 Å². The van der Waals surface area contributed by atoms with Crippen molar-refractivity contribution in [2.45, 2.75) is 33.2 Å². The summed E-state index contributed by atoms with van der Waals surface area (Å²) in [6, 6.07) is 5.59. The number of carbonyl (C=O) groups excluding carboxylic acids is 1. The van der Waals surface area contributed by atoms with E-state index in [-0.39, 0.29) is 5.91 Å². The molecule has 0 unspecified atom stereocenters. The first-order chi connectivity index (χ1) is 9.27. The maximum absolute atomic E-state index is 12.1. The number of carbonyl (C=O) groups is 1. The monoisotopic (exact) mass is 290 g/mol. The molecule has 5 nitrogen and oxygen atoms in total. The minimum atomic E-state index is -0.554. The van der Waals surface area contributed by atoms with Gasteiger partial charge in [-0.25, -0.2) is 0 Å². The summed E-state index contributed by atoms with van der Waals surface area (Å²) in [6.07, 6.45) is 0. The van der Waals surface area contributed by atoms with Gasteiger partial charge in [0.15, 0.2) is 0 Å². The zero-order valence-electron chi connectivity index (χ0n) is 12.0. The molecule has 0 fully saturated rings. The van der Waals surface area contributed by atoms with Crippen molar-refractivity contribution in [1.82, 2.24) is 10.2 Å². The third-order valence-electron chi connectivity index (χ3n) is 2.97. The van der Waals surface area contributed by atoms with Crippen LogP contribution in [0.25, 0.3) is 0 Å². The van der Waals surface area contributed by atoms with Crippen LogP contribution in [0.5, 0.6) is 0 Å². The van der Waals surface area contributed by atoms with Crippen LogP contribution < -0.4 is 11.1 Å². The SMILES string of the molecule is Cc1ccc(C(=O)Nc2nnc(C(C)(C)N)s2)cc1C. The number of nitrogens with zero attached hydrogens (tertiary/aromatic N) is 2. The van der Waals surface area contributed by atoms with E-state index in [4.69, 9.17) is 5.73 Å². The van der Waals surface area contributed by atoms with E-state index in [1.54, 1.807) is 6.07 Å². The second-order valence-electron chi connectivity index (χ2n) is 5.39. The highest BCUT2D eigenvalue weighted by Crippen LogP contribution is 2.24. The highest BCUT2D eigenvalue weighted by molar-refractivity contribution is 7.15. The molecule has 1 aromatic carbocycles. The summed E-state index contributed by atoms with van der Waals surface area (Å²) in [5, 5.41) is 11.8. The van der Waals surface area contributed by atoms with Crippen molar-refractivity contribution in [2.75, 3.05) is 5.32 Å². The molecule has 0 aliphatic rings. The first-order valence-corrected chi connectivity index (χ1v) is 7.10. The molecule has 6 heteroatoms. The highest BCUT2D eigenvalue weighted by atomic mass is 32.1. The Bertz CT molecular complexity index is 643. The summed E-state index contributed by atoms with van der Waals surface area (Å²) in [6.45, 7) is 7.69. The fourth-order valence-electron chi connectivity index (χ4n) is 1.59. The minimum absolute atomic E-state index is 0.189. The number of aromatic nitrogens is 2. The first-order valence-electron chi connectivity index (χ1n) is 6.29. The molecular weight excluding hydrogens is 272 g/mol. The molecule has 0 radical (unpaired) electrons. The number of benzene rings is 1. The van der Waals surface area contributed by atoms with Gasteiger partial charge in [0.1, 0.15) is 5.01 Å². The normalized spacial score (nSPS) is 11.4. The summed E-state index contributed by atoms with van der Waals surface area (Å²) >= 11 is 1.29. The predicted molar refractivity (Wildman–Crippen MR) is 81.0 cm³/mol. The van der Waals surface area contributed by atoms with Crippen LogP contribution in [-0.2, 0) is 5.54 Å². The predicted octanol–water partition coefficient (Wildman–Crippen LogP) is 2.60. The van der Waals surface area contributed by atoms with Gasteiger partial charge in [-0.15, -0.1) is 10.2 Å². The number of amides is 1. The Balaban J connectivity index is 2.15. The van der Waals surface area contributed by atoms with E-state index in [0.29, 0.717) is 15.7 Å². The van der Waals surface area contributed by atoms with Crippen LogP contribution in [0.1, 0.15) is 40.3 Å². The smallest absolute Gasteiger partial charge is 0.257 e. The van der Waals surface area contributed by atoms with Crippen LogP contribution in [0.2, 0.25) is 0 Å². The lowest BCUT2D eigenvalue weighted by molar-refractivity contribution is 0.102. The zero-order valence-corrected chi connectivity index (χ0v) is 12.8. The van der Waals surface area contributed by atoms with Crippen LogP contribution in [0.15, 0.2) is 18.2 Å². The van der Waals surface area contributed by atoms with Gasteiger partial charge in [0.2, 0.25) is 5.13 Å². The van der Waals surface area contributed by atoms with Crippen LogP contribution in [-0.4, -0.2) is 16.1 Å². The minimum Gasteiger partial charge on any atom is -0.320 e. The Morgan fingerprint density at radius 2 is 1.95 bits per heavy atom. The maximum Gasteiger partial charge on any atom is 0.257 e. The van der Waals surface area contributed by atoms with E-state index in [2.05, 4.69) is 15.5 Å². The van der Waals surface area contributed by atoms with E-state index in [1.165, 1.54) is 11.3 Å². The largest absolute Gasteiger partial charge is 0.320 e. The van der Waals surface area contributed by atoms with E-state index in [0.717, 1.165) is 11.1 Å². The van der Waals surface area contributed by atoms with Crippen molar-refractivity contribution >= 4 is 22.4 Å². The number of anilines is 1. The molecule has 0 aliphatic heterocycles. The number of rotatable bonds is 3. The molecule has 0 aliphatic carbocycles. The van der Waals surface area contributed by atoms with Crippen molar-refractivity contribution in [3.05, 3.63) is 39.9 Å². The second-order valence-corrected chi connectivity index (χ2v) is 6.36. The number of hydrogen-bond donors (Lipinski definition) is 2. The summed E-state index contributed by atoms with van der Waals surface area (Å²) in [4.78, 5) is 12.1. The lowest BCUT2D eigenvalue weighted by Gasteiger charge is -2.12. The standard InChI is InChI=1S/C14H18N4OS/c1-8-5-6-10(7-9(8)2)11(19)16-13-18-17-12(20-13)14(3,4)15/h5-7H,15H2,1-4H3,(H,16,18,19). The molecular formula is C14H18N4OS. The van der Waals surface area contributed by atoms with Crippen molar-refractivity contribution < 1.29 is 4.79 Å². The molecule has 0 saturated heterocycles. The lowest BCUT2D eigenvalue weighted by Crippen LogP contribution is -2.28. The topological polar surface area (TPSA) is 80.9 Å². The number of hydrogen-bond acceptors (Lipinski definition) is 5. The Morgan fingerprint density at radius 1 is 1.25 bits per heavy atom. The summed E-state index contributed by atoms with van der Waals surface area (Å²) in [5.74, 6) is -0.189. The van der Waals surface area contributed by atoms with Crippen LogP contribution in [0.3, 0.4) is 0 Å². The second kappa shape index (κ2) is 5.30. The molecule has 0 saturated carbocycles. The summed E-state index contributed by atoms with van der Waals surface area (Å²) in [5.41, 5.74) is 8.24. The lowest BCUT2D eigenvalue weighted by atomic mass is 10.1. The molecule has 1 aromatic heterocycles. The molecule has 0 bridgehead atoms. The molecule has 0 spiro atoms. The highest BCUT2D eigenvalue weighted by Gasteiger charge is 2.20. The van der Waals surface area contributed by atoms with Crippen LogP contribution in [0, 0.1) is 13.8 Å². The van der Waals surface area contributed by atoms with Gasteiger partial charge in [-0.2, -0.15) is 0 Å². The van der Waals surface area contributed by atoms with E-state index in [1.807, 2.05) is 39.8 Å². The molecule has 106 valence electrons. The van der Waals surface area contributed by atoms with Crippen molar-refractivity contribution in [2.24, 2.45) is 5.73 Å². The Labute approximate surface area is 122 Å². The van der Waals surface area contributed by atoms with Gasteiger partial charge in [-0.3, -0.25) is 10.1 Å². The van der Waals surface area contributed by atoms with Crippen molar-refractivity contribution in [3.8, 4) is 0 Å². The van der Waals surface area contributed by atoms with Crippen molar-refractivity contribution in [1.29, 1.82) is 0 Å². The average molecular weight is 290 g/mol. The molecule has 1 amide bonds. The summed E-state index contributed by atoms with van der Waals surface area (Å²) < 4.78 is 0. The van der Waals surface area contributed by atoms with Gasteiger partial charge >= 0.3 is 0 Å². The van der Waals surface area contributed by atoms with E-state index in [9.17, 15) is 4.79 Å². The first kappa shape index (κ1) is 14.6. The maximum atomic E-state index is 12.1. The zero-order chi connectivity index (χ0) is 14.9. The van der Waals surface area contributed by atoms with Gasteiger partial charge < -0.3 is 5.73 Å². The van der Waals surface area contributed by atoms with Crippen LogP contribution in [0.4, 0.5) is 5.13 Å². The molecule has 2 rings (SSSR count). The quantitative estimate of drug-likeness (QED) is 0.910. The summed E-state index contributed by atoms with van der Waals surface area (Å²) in [7, 11) is 0. The third kappa shape index (κ3) is 3.20. The fraction of sp³-hybridized carbons (Fsp3) is 0.357. The van der Waals surface area contributed by atoms with E-state index >= 15 is 0 Å². The molecule has 1 heterocycles. The van der Waals surface area contributed by atoms with Gasteiger partial charge in [0.25, 0.3) is 5.91 Å². The molecule has 0 atom stereocenters. The number of nitrogens with one attached hydrogen (secondary N) is 1. The van der Waals surface area contributed by atoms with Crippen molar-refractivity contribution in [3.63, 3.8) is 0 Å². The Hall–Kier alpha value is -1.79. The Morgan fingerprint density at radius 3 is 2.50 bits per heavy atom. The molecule has 2 aromatic rings. The number of nitrogens with two attached hydrogens (primary N) is 1. The Kier molecular flexibility index (Phi) is 3.87. The number of aryl methyl sites for hydroxylation is 2. The third-order valence-corrected chi connectivity index (χ3v) is 4.14.